The Bertz CT molecular complexity index is 644. The van der Waals surface area contributed by atoms with E-state index in [0.29, 0.717) is 30.6 Å². The Morgan fingerprint density at radius 2 is 2.05 bits per heavy atom. The first-order valence-corrected chi connectivity index (χ1v) is 7.61. The van der Waals surface area contributed by atoms with Crippen molar-refractivity contribution in [2.45, 2.75) is 40.2 Å². The quantitative estimate of drug-likeness (QED) is 0.876. The molecule has 0 spiro atoms. The second kappa shape index (κ2) is 7.16. The fourth-order valence-electron chi connectivity index (χ4n) is 2.22. The molecule has 0 aliphatic rings. The van der Waals surface area contributed by atoms with Gasteiger partial charge in [-0.25, -0.2) is 0 Å². The number of carbonyl (C=O) groups excluding carboxylic acids is 1. The first-order chi connectivity index (χ1) is 10.5. The first-order valence-electron chi connectivity index (χ1n) is 7.61. The highest BCUT2D eigenvalue weighted by Crippen LogP contribution is 2.28. The molecule has 0 radical (unpaired) electrons. The summed E-state index contributed by atoms with van der Waals surface area (Å²) < 4.78 is 11.4. The van der Waals surface area contributed by atoms with E-state index < -0.39 is 0 Å². The van der Waals surface area contributed by atoms with E-state index in [-0.39, 0.29) is 5.91 Å². The van der Waals surface area contributed by atoms with Crippen LogP contribution in [-0.4, -0.2) is 12.5 Å². The number of ether oxygens (including phenoxy) is 1. The van der Waals surface area contributed by atoms with Crippen LogP contribution in [0.25, 0.3) is 0 Å². The topological polar surface area (TPSA) is 51.5 Å². The third-order valence-corrected chi connectivity index (χ3v) is 3.38. The van der Waals surface area contributed by atoms with Gasteiger partial charge < -0.3 is 14.5 Å². The van der Waals surface area contributed by atoms with E-state index in [9.17, 15) is 4.79 Å². The SMILES string of the molecule is CCNC(=O)c1ccc(COc2cc(C)ccc2C(C)C)o1. The van der Waals surface area contributed by atoms with Crippen molar-refractivity contribution >= 4 is 5.91 Å². The van der Waals surface area contributed by atoms with Crippen molar-refractivity contribution in [2.75, 3.05) is 6.54 Å². The van der Waals surface area contributed by atoms with E-state index in [1.807, 2.05) is 19.9 Å². The van der Waals surface area contributed by atoms with Gasteiger partial charge in [0.15, 0.2) is 5.76 Å². The summed E-state index contributed by atoms with van der Waals surface area (Å²) in [4.78, 5) is 11.7. The normalized spacial score (nSPS) is 10.8. The van der Waals surface area contributed by atoms with Crippen LogP contribution in [0.4, 0.5) is 0 Å². The lowest BCUT2D eigenvalue weighted by Crippen LogP contribution is -2.21. The molecule has 0 saturated heterocycles. The summed E-state index contributed by atoms with van der Waals surface area (Å²) in [6, 6.07) is 9.65. The van der Waals surface area contributed by atoms with Crippen molar-refractivity contribution in [2.24, 2.45) is 0 Å². The highest BCUT2D eigenvalue weighted by molar-refractivity contribution is 5.91. The molecule has 1 aromatic heterocycles. The van der Waals surface area contributed by atoms with Crippen molar-refractivity contribution in [3.63, 3.8) is 0 Å². The third kappa shape index (κ3) is 3.91. The predicted molar refractivity (Wildman–Crippen MR) is 86.3 cm³/mol. The Balaban J connectivity index is 2.07. The smallest absolute Gasteiger partial charge is 0.286 e. The molecular weight excluding hydrogens is 278 g/mol. The minimum atomic E-state index is -0.202. The lowest BCUT2D eigenvalue weighted by Gasteiger charge is -2.14. The number of aryl methyl sites for hydroxylation is 1. The summed E-state index contributed by atoms with van der Waals surface area (Å²) in [6.45, 7) is 9.07. The lowest BCUT2D eigenvalue weighted by atomic mass is 10.0. The van der Waals surface area contributed by atoms with E-state index in [2.05, 4.69) is 31.3 Å². The Morgan fingerprint density at radius 3 is 2.73 bits per heavy atom. The molecule has 118 valence electrons. The summed E-state index contributed by atoms with van der Waals surface area (Å²) in [5.41, 5.74) is 2.32. The molecule has 4 nitrogen and oxygen atoms in total. The van der Waals surface area contributed by atoms with Gasteiger partial charge in [-0.2, -0.15) is 0 Å². The van der Waals surface area contributed by atoms with Gasteiger partial charge in [-0.3, -0.25) is 4.79 Å². The molecule has 1 heterocycles. The van der Waals surface area contributed by atoms with Crippen LogP contribution < -0.4 is 10.1 Å². The molecule has 0 bridgehead atoms. The van der Waals surface area contributed by atoms with Crippen LogP contribution in [0.1, 0.15) is 54.1 Å². The Morgan fingerprint density at radius 1 is 1.27 bits per heavy atom. The van der Waals surface area contributed by atoms with Gasteiger partial charge in [0.1, 0.15) is 18.1 Å². The molecule has 0 unspecified atom stereocenters. The fourth-order valence-corrected chi connectivity index (χ4v) is 2.22. The highest BCUT2D eigenvalue weighted by Gasteiger charge is 2.12. The van der Waals surface area contributed by atoms with Crippen LogP contribution in [0.3, 0.4) is 0 Å². The zero-order valence-electron chi connectivity index (χ0n) is 13.6. The monoisotopic (exact) mass is 301 g/mol. The molecule has 22 heavy (non-hydrogen) atoms. The maximum atomic E-state index is 11.7. The number of hydrogen-bond donors (Lipinski definition) is 1. The zero-order valence-corrected chi connectivity index (χ0v) is 13.6. The van der Waals surface area contributed by atoms with E-state index in [4.69, 9.17) is 9.15 Å². The van der Waals surface area contributed by atoms with Gasteiger partial charge in [0, 0.05) is 6.54 Å². The number of benzene rings is 1. The van der Waals surface area contributed by atoms with Crippen LogP contribution in [0.2, 0.25) is 0 Å². The molecule has 0 saturated carbocycles. The van der Waals surface area contributed by atoms with Gasteiger partial charge in [0.25, 0.3) is 5.91 Å². The van der Waals surface area contributed by atoms with Gasteiger partial charge in [-0.05, 0) is 49.1 Å². The Labute approximate surface area is 131 Å². The number of hydrogen-bond acceptors (Lipinski definition) is 3. The molecule has 1 aromatic carbocycles. The summed E-state index contributed by atoms with van der Waals surface area (Å²) >= 11 is 0. The largest absolute Gasteiger partial charge is 0.485 e. The van der Waals surface area contributed by atoms with E-state index in [0.717, 1.165) is 11.3 Å². The van der Waals surface area contributed by atoms with Crippen LogP contribution in [-0.2, 0) is 6.61 Å². The number of nitrogens with one attached hydrogen (secondary N) is 1. The van der Waals surface area contributed by atoms with Gasteiger partial charge in [-0.15, -0.1) is 0 Å². The Hall–Kier alpha value is -2.23. The third-order valence-electron chi connectivity index (χ3n) is 3.38. The second-order valence-electron chi connectivity index (χ2n) is 5.61. The minimum absolute atomic E-state index is 0.202. The molecule has 0 atom stereocenters. The first kappa shape index (κ1) is 16.1. The van der Waals surface area contributed by atoms with Crippen molar-refractivity contribution in [3.05, 3.63) is 53.0 Å². The van der Waals surface area contributed by atoms with Gasteiger partial charge in [0.2, 0.25) is 0 Å². The molecule has 2 rings (SSSR count). The zero-order chi connectivity index (χ0) is 16.1. The molecule has 0 aliphatic heterocycles. The van der Waals surface area contributed by atoms with Crippen LogP contribution in [0.15, 0.2) is 34.7 Å². The number of carbonyl (C=O) groups is 1. The van der Waals surface area contributed by atoms with E-state index in [1.165, 1.54) is 5.56 Å². The molecule has 0 aliphatic carbocycles. The summed E-state index contributed by atoms with van der Waals surface area (Å²) in [7, 11) is 0. The molecular formula is C18H23NO3. The second-order valence-corrected chi connectivity index (χ2v) is 5.61. The molecule has 1 amide bonds. The van der Waals surface area contributed by atoms with Crippen molar-refractivity contribution < 1.29 is 13.9 Å². The average molecular weight is 301 g/mol. The average Bonchev–Trinajstić information content (AvgIpc) is 2.94. The van der Waals surface area contributed by atoms with Crippen LogP contribution >= 0.6 is 0 Å². The van der Waals surface area contributed by atoms with Crippen molar-refractivity contribution in [1.29, 1.82) is 0 Å². The molecule has 1 N–H and O–H groups in total. The van der Waals surface area contributed by atoms with E-state index in [1.54, 1.807) is 12.1 Å². The van der Waals surface area contributed by atoms with Crippen molar-refractivity contribution in [1.82, 2.24) is 5.32 Å². The standard InChI is InChI=1S/C18H23NO3/c1-5-19-18(20)16-9-7-14(22-16)11-21-17-10-13(4)6-8-15(17)12(2)3/h6-10,12H,5,11H2,1-4H3,(H,19,20). The minimum Gasteiger partial charge on any atom is -0.485 e. The molecule has 0 fully saturated rings. The highest BCUT2D eigenvalue weighted by atomic mass is 16.5. The van der Waals surface area contributed by atoms with Crippen molar-refractivity contribution in [3.8, 4) is 5.75 Å². The number of amides is 1. The lowest BCUT2D eigenvalue weighted by molar-refractivity contribution is 0.0924. The van der Waals surface area contributed by atoms with Gasteiger partial charge >= 0.3 is 0 Å². The maximum Gasteiger partial charge on any atom is 0.286 e. The van der Waals surface area contributed by atoms with E-state index >= 15 is 0 Å². The predicted octanol–water partition coefficient (Wildman–Crippen LogP) is 4.04. The van der Waals surface area contributed by atoms with Crippen LogP contribution in [0, 0.1) is 6.92 Å². The molecule has 2 aromatic rings. The summed E-state index contributed by atoms with van der Waals surface area (Å²) in [6.07, 6.45) is 0. The number of rotatable bonds is 6. The summed E-state index contributed by atoms with van der Waals surface area (Å²) in [5.74, 6) is 2.00. The number of furan rings is 1. The maximum absolute atomic E-state index is 11.7. The summed E-state index contributed by atoms with van der Waals surface area (Å²) in [5, 5.41) is 2.71. The van der Waals surface area contributed by atoms with Crippen LogP contribution in [0.5, 0.6) is 5.75 Å². The van der Waals surface area contributed by atoms with Gasteiger partial charge in [0.05, 0.1) is 0 Å². The van der Waals surface area contributed by atoms with Gasteiger partial charge in [-0.1, -0.05) is 26.0 Å². The molecule has 4 heteroatoms. The fraction of sp³-hybridized carbons (Fsp3) is 0.389. The Kier molecular flexibility index (Phi) is 5.26.